The van der Waals surface area contributed by atoms with E-state index in [0.29, 0.717) is 44.6 Å². The Labute approximate surface area is 385 Å². The van der Waals surface area contributed by atoms with Crippen LogP contribution >= 0.6 is 46.2 Å². The fraction of sp³-hybridized carbons (Fsp3) is 0.261. The lowest BCUT2D eigenvalue weighted by Crippen LogP contribution is -2.31. The molecule has 0 bridgehead atoms. The zero-order valence-electron chi connectivity index (χ0n) is 35.0. The Hall–Kier alpha value is -6.08. The number of thiazole rings is 2. The van der Waals surface area contributed by atoms with Crippen LogP contribution in [0.5, 0.6) is 23.0 Å². The molecule has 2 fully saturated rings. The van der Waals surface area contributed by atoms with Crippen molar-refractivity contribution in [3.05, 3.63) is 118 Å². The molecule has 2 aromatic heterocycles. The quantitative estimate of drug-likeness (QED) is 0.0885. The van der Waals surface area contributed by atoms with Gasteiger partial charge in [-0.2, -0.15) is 0 Å². The Kier molecular flexibility index (Phi) is 13.5. The average Bonchev–Trinajstić information content (AvgIpc) is 4.12. The van der Waals surface area contributed by atoms with Crippen LogP contribution in [0.15, 0.2) is 95.7 Å². The van der Waals surface area contributed by atoms with Gasteiger partial charge in [-0.25, -0.2) is 9.97 Å². The summed E-state index contributed by atoms with van der Waals surface area (Å²) in [4.78, 5) is 63.6. The van der Waals surface area contributed by atoms with E-state index in [9.17, 15) is 29.4 Å². The molecule has 64 heavy (non-hydrogen) atoms. The van der Waals surface area contributed by atoms with E-state index in [1.165, 1.54) is 60.4 Å². The number of hydrogen-bond acceptors (Lipinski definition) is 14. The molecule has 0 spiro atoms. The number of carbonyl (C=O) groups excluding carboxylic acids is 2. The van der Waals surface area contributed by atoms with Crippen LogP contribution in [0.3, 0.4) is 0 Å². The summed E-state index contributed by atoms with van der Waals surface area (Å²) in [6, 6.07) is 27.2. The number of ether oxygens (including phenoxy) is 4. The molecule has 4 atom stereocenters. The van der Waals surface area contributed by atoms with Crippen molar-refractivity contribution in [3.63, 3.8) is 0 Å². The summed E-state index contributed by atoms with van der Waals surface area (Å²) in [5.41, 5.74) is 7.02. The lowest BCUT2D eigenvalue weighted by molar-refractivity contribution is -0.138. The van der Waals surface area contributed by atoms with Gasteiger partial charge in [0.2, 0.25) is 11.8 Å². The molecule has 2 saturated heterocycles. The number of hydrogen-bond donors (Lipinski definition) is 2. The Morgan fingerprint density at radius 1 is 0.562 bits per heavy atom. The number of carboxylic acid groups (broad SMARTS) is 2. The summed E-state index contributed by atoms with van der Waals surface area (Å²) < 4.78 is 21.8. The van der Waals surface area contributed by atoms with Gasteiger partial charge in [0, 0.05) is 21.9 Å². The first kappa shape index (κ1) is 44.5. The molecule has 330 valence electrons. The summed E-state index contributed by atoms with van der Waals surface area (Å²) in [5.74, 6) is -0.600. The minimum atomic E-state index is -1.05. The third kappa shape index (κ3) is 9.27. The van der Waals surface area contributed by atoms with Crippen molar-refractivity contribution in [2.24, 2.45) is 0 Å². The van der Waals surface area contributed by atoms with Gasteiger partial charge in [-0.05, 0) is 59.4 Å². The van der Waals surface area contributed by atoms with Crippen LogP contribution in [-0.2, 0) is 32.0 Å². The maximum Gasteiger partial charge on any atom is 0.305 e. The SMILES string of the molecule is COc1ccc([C@H]2S[C@H](CC(=O)O)C(=O)N2c2nc(-c3ccc(CCc4ccc(-c5csc(N6C(=O)[C@@H](CC(=O)O)S[C@@H]6c6ccc(OC)c(OC)c6)n5)cc4)cc3)cs2)cc1OC. The van der Waals surface area contributed by atoms with Crippen LogP contribution in [0.2, 0.25) is 0 Å². The average molecular weight is 939 g/mol. The molecule has 2 aliphatic rings. The van der Waals surface area contributed by atoms with Gasteiger partial charge in [-0.1, -0.05) is 60.7 Å². The molecule has 14 nitrogen and oxygen atoms in total. The van der Waals surface area contributed by atoms with E-state index in [1.54, 1.807) is 48.3 Å². The first-order valence-electron chi connectivity index (χ1n) is 19.9. The molecule has 8 rings (SSSR count). The molecule has 0 radical (unpaired) electrons. The van der Waals surface area contributed by atoms with Gasteiger partial charge >= 0.3 is 11.9 Å². The number of aliphatic carboxylic acids is 2. The van der Waals surface area contributed by atoms with Gasteiger partial charge in [0.1, 0.15) is 10.7 Å². The second-order valence-corrected chi connectivity index (χ2v) is 19.0. The lowest BCUT2D eigenvalue weighted by Gasteiger charge is -2.22. The highest BCUT2D eigenvalue weighted by Crippen LogP contribution is 2.51. The smallest absolute Gasteiger partial charge is 0.305 e. The first-order chi connectivity index (χ1) is 31.0. The molecule has 6 aromatic rings. The Morgan fingerprint density at radius 3 is 1.28 bits per heavy atom. The number of rotatable bonds is 17. The predicted molar refractivity (Wildman–Crippen MR) is 249 cm³/mol. The number of anilines is 2. The van der Waals surface area contributed by atoms with Crippen LogP contribution < -0.4 is 28.7 Å². The fourth-order valence-corrected chi connectivity index (χ4v) is 12.2. The van der Waals surface area contributed by atoms with Crippen molar-refractivity contribution < 1.29 is 48.3 Å². The van der Waals surface area contributed by atoms with Crippen molar-refractivity contribution in [3.8, 4) is 45.5 Å². The number of benzene rings is 4. The van der Waals surface area contributed by atoms with Gasteiger partial charge in [-0.3, -0.25) is 29.0 Å². The highest BCUT2D eigenvalue weighted by molar-refractivity contribution is 8.01. The molecule has 0 aliphatic carbocycles. The van der Waals surface area contributed by atoms with Gasteiger partial charge in [0.05, 0.1) is 63.2 Å². The Bertz CT molecular complexity index is 2510. The van der Waals surface area contributed by atoms with Crippen molar-refractivity contribution in [1.82, 2.24) is 9.97 Å². The number of aromatic nitrogens is 2. The summed E-state index contributed by atoms with van der Waals surface area (Å²) in [6.07, 6.45) is 0.990. The number of thioether (sulfide) groups is 2. The zero-order valence-corrected chi connectivity index (χ0v) is 38.2. The van der Waals surface area contributed by atoms with E-state index in [2.05, 4.69) is 24.3 Å². The summed E-state index contributed by atoms with van der Waals surface area (Å²) >= 11 is 5.23. The third-order valence-electron chi connectivity index (χ3n) is 10.8. The second-order valence-electron chi connectivity index (χ2n) is 14.7. The normalized spacial score (nSPS) is 18.4. The Balaban J connectivity index is 0.929. The third-order valence-corrected chi connectivity index (χ3v) is 15.3. The standard InChI is InChI=1S/C46H42N4O10S4/c1-57-33-17-15-29(19-35(33)59-3)43-49(41(55)37(63-43)21-39(51)52)45-47-31(23-61-45)27-11-7-25(8-12-27)5-6-26-9-13-28(14-10-26)32-24-62-46(48-32)50-42(56)38(22-40(53)54)64-44(50)30-16-18-34(58-2)36(20-30)60-4/h7-20,23-24,37-38,43-44H,5-6,21-22H2,1-4H3,(H,51,52)(H,53,54)/t37-,38-,43-,44-/m1/s1. The van der Waals surface area contributed by atoms with Gasteiger partial charge in [0.15, 0.2) is 33.3 Å². The number of methoxy groups -OCH3 is 4. The second kappa shape index (κ2) is 19.3. The van der Waals surface area contributed by atoms with Gasteiger partial charge in [-0.15, -0.1) is 46.2 Å². The summed E-state index contributed by atoms with van der Waals surface area (Å²) in [7, 11) is 6.18. The molecule has 4 aromatic carbocycles. The topological polar surface area (TPSA) is 178 Å². The Morgan fingerprint density at radius 2 is 0.938 bits per heavy atom. The molecule has 4 heterocycles. The molecule has 2 aliphatic heterocycles. The predicted octanol–water partition coefficient (Wildman–Crippen LogP) is 9.00. The molecular weight excluding hydrogens is 897 g/mol. The zero-order chi connectivity index (χ0) is 45.1. The fourth-order valence-electron chi connectivity index (χ4n) is 7.52. The minimum Gasteiger partial charge on any atom is -0.493 e. The minimum absolute atomic E-state index is 0.301. The maximum absolute atomic E-state index is 13.7. The van der Waals surface area contributed by atoms with Gasteiger partial charge in [0.25, 0.3) is 0 Å². The molecule has 2 amide bonds. The number of nitrogens with zero attached hydrogens (tertiary/aromatic N) is 4. The summed E-state index contributed by atoms with van der Waals surface area (Å²) in [6.45, 7) is 0. The number of carbonyl (C=O) groups is 4. The van der Waals surface area contributed by atoms with Crippen LogP contribution in [0.4, 0.5) is 10.3 Å². The first-order valence-corrected chi connectivity index (χ1v) is 23.6. The van der Waals surface area contributed by atoms with Crippen molar-refractivity contribution in [2.45, 2.75) is 46.9 Å². The number of carboxylic acids is 2. The molecule has 0 saturated carbocycles. The maximum atomic E-state index is 13.7. The van der Waals surface area contributed by atoms with E-state index in [0.717, 1.165) is 46.2 Å². The van der Waals surface area contributed by atoms with Crippen LogP contribution in [0, 0.1) is 0 Å². The largest absolute Gasteiger partial charge is 0.493 e. The number of aryl methyl sites for hydroxylation is 2. The highest BCUT2D eigenvalue weighted by atomic mass is 32.2. The lowest BCUT2D eigenvalue weighted by atomic mass is 10.0. The molecule has 18 heteroatoms. The van der Waals surface area contributed by atoms with Gasteiger partial charge < -0.3 is 29.2 Å². The van der Waals surface area contributed by atoms with E-state index in [1.807, 2.05) is 47.2 Å². The van der Waals surface area contributed by atoms with E-state index in [4.69, 9.17) is 28.9 Å². The van der Waals surface area contributed by atoms with E-state index in [-0.39, 0.29) is 24.7 Å². The molecular formula is C46H42N4O10S4. The van der Waals surface area contributed by atoms with Crippen molar-refractivity contribution >= 4 is 80.2 Å². The number of amides is 2. The van der Waals surface area contributed by atoms with E-state index >= 15 is 0 Å². The molecule has 0 unspecified atom stereocenters. The van der Waals surface area contributed by atoms with E-state index < -0.39 is 33.2 Å². The highest BCUT2D eigenvalue weighted by Gasteiger charge is 2.46. The van der Waals surface area contributed by atoms with Crippen LogP contribution in [-0.4, -0.2) is 82.9 Å². The monoisotopic (exact) mass is 938 g/mol. The van der Waals surface area contributed by atoms with Crippen molar-refractivity contribution in [2.75, 3.05) is 38.2 Å². The molecule has 2 N–H and O–H groups in total. The van der Waals surface area contributed by atoms with Crippen LogP contribution in [0.1, 0.15) is 45.8 Å². The summed E-state index contributed by atoms with van der Waals surface area (Å²) in [5, 5.41) is 21.3. The van der Waals surface area contributed by atoms with Crippen LogP contribution in [0.25, 0.3) is 22.5 Å². The van der Waals surface area contributed by atoms with Crippen molar-refractivity contribution in [1.29, 1.82) is 0 Å².